The second kappa shape index (κ2) is 8.12. The molecular formula is C26H26F2N4O3. The Morgan fingerprint density at radius 2 is 2.17 bits per heavy atom. The molecule has 182 valence electrons. The fourth-order valence-corrected chi connectivity index (χ4v) is 6.01. The highest BCUT2D eigenvalue weighted by molar-refractivity contribution is 6.14. The van der Waals surface area contributed by atoms with E-state index in [9.17, 15) is 18.7 Å². The molecule has 3 aliphatic heterocycles. The number of amides is 1. The van der Waals surface area contributed by atoms with Gasteiger partial charge < -0.3 is 14.7 Å². The van der Waals surface area contributed by atoms with E-state index in [2.05, 4.69) is 14.9 Å². The predicted octanol–water partition coefficient (Wildman–Crippen LogP) is 4.15. The fourth-order valence-electron chi connectivity index (χ4n) is 6.01. The minimum atomic E-state index is -0.846. The monoisotopic (exact) mass is 480 g/mol. The largest absolute Gasteiger partial charge is 0.508 e. The van der Waals surface area contributed by atoms with Gasteiger partial charge in [-0.2, -0.15) is 4.98 Å². The summed E-state index contributed by atoms with van der Waals surface area (Å²) in [7, 11) is 0. The standard InChI is InChI=1S/C26H26F2N4O3/c1-2-18-20(28)5-4-15-8-17(33)9-22(23(15)18)32-13-21-19(24(32)34)11-29-25(30-21)35-14-26-6-3-7-31(26)12-16(27)10-26/h4-5,8-9,11,16,33H,2-3,6-7,10,12-14H2,1H3/t16-,26+/m1/s1. The molecular weight excluding hydrogens is 454 g/mol. The number of hydrogen-bond acceptors (Lipinski definition) is 6. The van der Waals surface area contributed by atoms with Crippen molar-refractivity contribution in [3.8, 4) is 11.8 Å². The lowest BCUT2D eigenvalue weighted by Crippen LogP contribution is -2.43. The summed E-state index contributed by atoms with van der Waals surface area (Å²) >= 11 is 0. The van der Waals surface area contributed by atoms with Gasteiger partial charge in [-0.1, -0.05) is 13.0 Å². The highest BCUT2D eigenvalue weighted by atomic mass is 19.1. The molecule has 1 aromatic heterocycles. The van der Waals surface area contributed by atoms with Gasteiger partial charge in [-0.05, 0) is 48.9 Å². The summed E-state index contributed by atoms with van der Waals surface area (Å²) in [5, 5.41) is 11.6. The molecule has 2 atom stereocenters. The van der Waals surface area contributed by atoms with Gasteiger partial charge in [-0.3, -0.25) is 9.69 Å². The maximum absolute atomic E-state index is 14.6. The molecule has 0 bridgehead atoms. The van der Waals surface area contributed by atoms with Crippen LogP contribution in [0, 0.1) is 5.82 Å². The van der Waals surface area contributed by atoms with Crippen LogP contribution >= 0.6 is 0 Å². The SMILES string of the molecule is CCc1c(F)ccc2cc(O)cc(N3Cc4nc(OC[C@@]56CCCN5C[C@H](F)C6)ncc4C3=O)c12. The molecule has 9 heteroatoms. The summed E-state index contributed by atoms with van der Waals surface area (Å²) in [4.78, 5) is 25.7. The van der Waals surface area contributed by atoms with Crippen molar-refractivity contribution in [2.75, 3.05) is 24.6 Å². The van der Waals surface area contributed by atoms with Gasteiger partial charge in [0, 0.05) is 30.6 Å². The zero-order chi connectivity index (χ0) is 24.3. The number of aromatic nitrogens is 2. The van der Waals surface area contributed by atoms with Gasteiger partial charge in [0.25, 0.3) is 5.91 Å². The van der Waals surface area contributed by atoms with E-state index in [4.69, 9.17) is 4.74 Å². The van der Waals surface area contributed by atoms with Gasteiger partial charge in [0.1, 0.15) is 24.3 Å². The lowest BCUT2D eigenvalue weighted by Gasteiger charge is -2.30. The van der Waals surface area contributed by atoms with Crippen LogP contribution in [0.15, 0.2) is 30.5 Å². The zero-order valence-corrected chi connectivity index (χ0v) is 19.4. The molecule has 4 heterocycles. The molecule has 0 radical (unpaired) electrons. The van der Waals surface area contributed by atoms with Crippen LogP contribution in [0.3, 0.4) is 0 Å². The number of anilines is 1. The van der Waals surface area contributed by atoms with Crippen LogP contribution in [-0.2, 0) is 13.0 Å². The number of ether oxygens (including phenoxy) is 1. The van der Waals surface area contributed by atoms with Crippen LogP contribution in [0.4, 0.5) is 14.5 Å². The lowest BCUT2D eigenvalue weighted by molar-refractivity contribution is 0.0995. The molecule has 3 aliphatic rings. The van der Waals surface area contributed by atoms with Crippen molar-refractivity contribution in [2.45, 2.75) is 50.9 Å². The zero-order valence-electron chi connectivity index (χ0n) is 19.4. The Kier molecular flexibility index (Phi) is 5.14. The first-order valence-electron chi connectivity index (χ1n) is 12.0. The molecule has 0 spiro atoms. The van der Waals surface area contributed by atoms with Gasteiger partial charge in [0.2, 0.25) is 0 Å². The number of halogens is 2. The summed E-state index contributed by atoms with van der Waals surface area (Å²) in [6.45, 7) is 3.62. The molecule has 1 N–H and O–H groups in total. The molecule has 7 nitrogen and oxygen atoms in total. The van der Waals surface area contributed by atoms with Crippen LogP contribution in [0.1, 0.15) is 47.8 Å². The van der Waals surface area contributed by atoms with Crippen molar-refractivity contribution in [1.82, 2.24) is 14.9 Å². The van der Waals surface area contributed by atoms with E-state index < -0.39 is 6.17 Å². The Morgan fingerprint density at radius 1 is 1.31 bits per heavy atom. The number of nitrogens with zero attached hydrogens (tertiary/aromatic N) is 4. The Hall–Kier alpha value is -3.33. The Balaban J connectivity index is 1.30. The highest BCUT2D eigenvalue weighted by Crippen LogP contribution is 2.41. The second-order valence-electron chi connectivity index (χ2n) is 9.71. The van der Waals surface area contributed by atoms with Gasteiger partial charge >= 0.3 is 6.01 Å². The van der Waals surface area contributed by atoms with Crippen molar-refractivity contribution in [3.63, 3.8) is 0 Å². The van der Waals surface area contributed by atoms with Gasteiger partial charge in [-0.15, -0.1) is 0 Å². The van der Waals surface area contributed by atoms with Crippen molar-refractivity contribution >= 4 is 22.4 Å². The average Bonchev–Trinajstić information content (AvgIpc) is 3.47. The van der Waals surface area contributed by atoms with Gasteiger partial charge in [-0.25, -0.2) is 13.8 Å². The van der Waals surface area contributed by atoms with Crippen molar-refractivity contribution in [3.05, 3.63) is 53.1 Å². The van der Waals surface area contributed by atoms with Crippen LogP contribution in [0.2, 0.25) is 0 Å². The second-order valence-corrected chi connectivity index (χ2v) is 9.71. The number of benzene rings is 2. The maximum atomic E-state index is 14.6. The van der Waals surface area contributed by atoms with E-state index in [0.717, 1.165) is 19.4 Å². The molecule has 0 saturated carbocycles. The Bertz CT molecular complexity index is 1350. The highest BCUT2D eigenvalue weighted by Gasteiger charge is 2.49. The number of alkyl halides is 1. The molecule has 0 aliphatic carbocycles. The third kappa shape index (κ3) is 3.52. The van der Waals surface area contributed by atoms with E-state index in [-0.39, 0.29) is 35.6 Å². The lowest BCUT2D eigenvalue weighted by atomic mass is 9.95. The number of carbonyl (C=O) groups is 1. The molecule has 2 fully saturated rings. The molecule has 2 aromatic carbocycles. The Labute approximate surface area is 201 Å². The Morgan fingerprint density at radius 3 is 3.00 bits per heavy atom. The first kappa shape index (κ1) is 22.2. The van der Waals surface area contributed by atoms with E-state index in [0.29, 0.717) is 59.3 Å². The molecule has 3 aromatic rings. The van der Waals surface area contributed by atoms with Crippen LogP contribution in [-0.4, -0.2) is 57.3 Å². The molecule has 0 unspecified atom stereocenters. The van der Waals surface area contributed by atoms with Crippen LogP contribution in [0.5, 0.6) is 11.8 Å². The summed E-state index contributed by atoms with van der Waals surface area (Å²) in [5.74, 6) is -0.682. The van der Waals surface area contributed by atoms with Crippen molar-refractivity contribution < 1.29 is 23.4 Å². The molecule has 35 heavy (non-hydrogen) atoms. The first-order chi connectivity index (χ1) is 16.9. The topological polar surface area (TPSA) is 78.8 Å². The number of aromatic hydroxyl groups is 1. The molecule has 1 amide bonds. The summed E-state index contributed by atoms with van der Waals surface area (Å²) in [6, 6.07) is 6.18. The summed E-state index contributed by atoms with van der Waals surface area (Å²) < 4.78 is 34.6. The van der Waals surface area contributed by atoms with E-state index >= 15 is 0 Å². The van der Waals surface area contributed by atoms with Crippen LogP contribution in [0.25, 0.3) is 10.8 Å². The molecule has 2 saturated heterocycles. The third-order valence-corrected chi connectivity index (χ3v) is 7.64. The number of carbonyl (C=O) groups excluding carboxylic acids is 1. The average molecular weight is 481 g/mol. The number of fused-ring (bicyclic) bond motifs is 3. The number of phenols is 1. The normalized spacial score (nSPS) is 23.8. The smallest absolute Gasteiger partial charge is 0.316 e. The van der Waals surface area contributed by atoms with E-state index in [1.165, 1.54) is 23.2 Å². The van der Waals surface area contributed by atoms with Crippen molar-refractivity contribution in [1.29, 1.82) is 0 Å². The summed E-state index contributed by atoms with van der Waals surface area (Å²) in [6.07, 6.45) is 3.38. The van der Waals surface area contributed by atoms with Gasteiger partial charge in [0.15, 0.2) is 0 Å². The predicted molar refractivity (Wildman–Crippen MR) is 126 cm³/mol. The van der Waals surface area contributed by atoms with E-state index in [1.54, 1.807) is 12.1 Å². The quantitative estimate of drug-likeness (QED) is 0.591. The van der Waals surface area contributed by atoms with E-state index in [1.807, 2.05) is 6.92 Å². The third-order valence-electron chi connectivity index (χ3n) is 7.64. The summed E-state index contributed by atoms with van der Waals surface area (Å²) in [5.41, 5.74) is 1.45. The van der Waals surface area contributed by atoms with Crippen molar-refractivity contribution in [2.24, 2.45) is 0 Å². The van der Waals surface area contributed by atoms with Gasteiger partial charge in [0.05, 0.1) is 29.0 Å². The number of phenolic OH excluding ortho intramolecular Hbond substituents is 1. The van der Waals surface area contributed by atoms with Crippen LogP contribution < -0.4 is 9.64 Å². The number of rotatable bonds is 5. The minimum absolute atomic E-state index is 0.0110. The molecule has 6 rings (SSSR count). The first-order valence-corrected chi connectivity index (χ1v) is 12.0. The minimum Gasteiger partial charge on any atom is -0.508 e. The number of aryl methyl sites for hydroxylation is 1. The number of hydrogen-bond donors (Lipinski definition) is 1. The fraction of sp³-hybridized carbons (Fsp3) is 0.423. The maximum Gasteiger partial charge on any atom is 0.316 e.